The number of benzene rings is 1. The van der Waals surface area contributed by atoms with Crippen molar-refractivity contribution in [1.29, 1.82) is 0 Å². The van der Waals surface area contributed by atoms with Crippen LogP contribution in [0.2, 0.25) is 0 Å². The van der Waals surface area contributed by atoms with Crippen molar-refractivity contribution in [3.8, 4) is 0 Å². The maximum absolute atomic E-state index is 10.8. The van der Waals surface area contributed by atoms with E-state index in [1.807, 2.05) is 6.07 Å². The Balaban J connectivity index is 2.01. The second-order valence-electron chi connectivity index (χ2n) is 5.34. The molecule has 1 N–H and O–H groups in total. The second-order valence-corrected chi connectivity index (χ2v) is 5.34. The van der Waals surface area contributed by atoms with Gasteiger partial charge >= 0.3 is 0 Å². The molecule has 0 aromatic heterocycles. The number of piperidine rings is 1. The highest BCUT2D eigenvalue weighted by atomic mass is 16.6. The molecule has 2 atom stereocenters. The molecule has 5 heteroatoms. The van der Waals surface area contributed by atoms with E-state index in [2.05, 4.69) is 24.2 Å². The van der Waals surface area contributed by atoms with Gasteiger partial charge in [-0.05, 0) is 38.9 Å². The first kappa shape index (κ1) is 14.0. The van der Waals surface area contributed by atoms with Gasteiger partial charge in [-0.3, -0.25) is 10.1 Å². The Hall–Kier alpha value is -1.46. The van der Waals surface area contributed by atoms with Gasteiger partial charge in [0.1, 0.15) is 0 Å². The number of nitro benzene ring substituents is 1. The van der Waals surface area contributed by atoms with Crippen molar-refractivity contribution >= 4 is 5.69 Å². The Morgan fingerprint density at radius 1 is 1.53 bits per heavy atom. The topological polar surface area (TPSA) is 58.4 Å². The smallest absolute Gasteiger partial charge is 0.269 e. The number of nitrogens with zero attached hydrogens (tertiary/aromatic N) is 2. The van der Waals surface area contributed by atoms with Crippen LogP contribution >= 0.6 is 0 Å². The van der Waals surface area contributed by atoms with Crippen molar-refractivity contribution in [2.45, 2.75) is 31.8 Å². The summed E-state index contributed by atoms with van der Waals surface area (Å²) in [7, 11) is 2.13. The highest BCUT2D eigenvalue weighted by Crippen LogP contribution is 2.20. The summed E-state index contributed by atoms with van der Waals surface area (Å²) in [6.45, 7) is 4.26. The summed E-state index contributed by atoms with van der Waals surface area (Å²) in [5, 5.41) is 14.4. The number of non-ortho nitro benzene ring substituents is 1. The van der Waals surface area contributed by atoms with Crippen LogP contribution in [0, 0.1) is 10.1 Å². The van der Waals surface area contributed by atoms with Crippen LogP contribution in [0.1, 0.15) is 31.4 Å². The average Bonchev–Trinajstić information content (AvgIpc) is 2.39. The number of nitro groups is 1. The predicted octanol–water partition coefficient (Wildman–Crippen LogP) is 2.34. The van der Waals surface area contributed by atoms with E-state index < -0.39 is 0 Å². The maximum Gasteiger partial charge on any atom is 0.269 e. The van der Waals surface area contributed by atoms with Crippen LogP contribution in [0.5, 0.6) is 0 Å². The van der Waals surface area contributed by atoms with E-state index in [1.165, 1.54) is 18.9 Å². The fraction of sp³-hybridized carbons (Fsp3) is 0.571. The molecule has 0 radical (unpaired) electrons. The molecule has 1 heterocycles. The zero-order valence-electron chi connectivity index (χ0n) is 11.5. The zero-order chi connectivity index (χ0) is 13.8. The van der Waals surface area contributed by atoms with Crippen molar-refractivity contribution in [1.82, 2.24) is 10.2 Å². The van der Waals surface area contributed by atoms with Gasteiger partial charge in [-0.1, -0.05) is 12.1 Å². The maximum atomic E-state index is 10.8. The van der Waals surface area contributed by atoms with Crippen LogP contribution in [0.4, 0.5) is 5.69 Å². The van der Waals surface area contributed by atoms with Crippen molar-refractivity contribution < 1.29 is 4.92 Å². The highest BCUT2D eigenvalue weighted by molar-refractivity contribution is 5.35. The largest absolute Gasteiger partial charge is 0.306 e. The van der Waals surface area contributed by atoms with Gasteiger partial charge in [-0.25, -0.2) is 0 Å². The third kappa shape index (κ3) is 3.75. The van der Waals surface area contributed by atoms with E-state index in [-0.39, 0.29) is 16.7 Å². The lowest BCUT2D eigenvalue weighted by Crippen LogP contribution is -2.44. The van der Waals surface area contributed by atoms with E-state index in [4.69, 9.17) is 0 Å². The minimum absolute atomic E-state index is 0.136. The summed E-state index contributed by atoms with van der Waals surface area (Å²) in [6, 6.07) is 7.48. The van der Waals surface area contributed by atoms with Gasteiger partial charge in [0.25, 0.3) is 5.69 Å². The van der Waals surface area contributed by atoms with Crippen LogP contribution in [0.3, 0.4) is 0 Å². The van der Waals surface area contributed by atoms with Gasteiger partial charge < -0.3 is 10.2 Å². The summed E-state index contributed by atoms with van der Waals surface area (Å²) in [5.41, 5.74) is 1.13. The van der Waals surface area contributed by atoms with Gasteiger partial charge in [0.05, 0.1) is 4.92 Å². The molecular weight excluding hydrogens is 242 g/mol. The van der Waals surface area contributed by atoms with Gasteiger partial charge in [0.15, 0.2) is 0 Å². The molecule has 0 bridgehead atoms. The number of likely N-dealkylation sites (tertiary alicyclic amines) is 1. The standard InChI is InChI=1S/C14H21N3O2/c1-11(15-13-6-4-8-16(2)10-13)12-5-3-7-14(9-12)17(18)19/h3,5,7,9,11,13,15H,4,6,8,10H2,1-2H3. The lowest BCUT2D eigenvalue weighted by atomic mass is 10.0. The van der Waals surface area contributed by atoms with E-state index in [9.17, 15) is 10.1 Å². The van der Waals surface area contributed by atoms with Crippen LogP contribution < -0.4 is 5.32 Å². The molecule has 0 aliphatic carbocycles. The van der Waals surface area contributed by atoms with Crippen LogP contribution in [-0.4, -0.2) is 36.0 Å². The Labute approximate surface area is 113 Å². The summed E-state index contributed by atoms with van der Waals surface area (Å²) in [5.74, 6) is 0. The first-order chi connectivity index (χ1) is 9.06. The molecule has 104 valence electrons. The third-order valence-corrected chi connectivity index (χ3v) is 3.69. The minimum Gasteiger partial charge on any atom is -0.306 e. The molecule has 0 amide bonds. The molecule has 1 aliphatic rings. The van der Waals surface area contributed by atoms with Crippen molar-refractivity contribution in [3.05, 3.63) is 39.9 Å². The van der Waals surface area contributed by atoms with Gasteiger partial charge in [-0.2, -0.15) is 0 Å². The molecular formula is C14H21N3O2. The summed E-state index contributed by atoms with van der Waals surface area (Å²) in [6.07, 6.45) is 2.37. The minimum atomic E-state index is -0.343. The molecule has 1 aromatic carbocycles. The molecule has 1 saturated heterocycles. The molecule has 1 fully saturated rings. The summed E-state index contributed by atoms with van der Waals surface area (Å²) >= 11 is 0. The molecule has 5 nitrogen and oxygen atoms in total. The Morgan fingerprint density at radius 2 is 2.32 bits per heavy atom. The first-order valence-electron chi connectivity index (χ1n) is 6.75. The average molecular weight is 263 g/mol. The van der Waals surface area contributed by atoms with Crippen molar-refractivity contribution in [3.63, 3.8) is 0 Å². The van der Waals surface area contributed by atoms with E-state index >= 15 is 0 Å². The van der Waals surface area contributed by atoms with Crippen molar-refractivity contribution in [2.75, 3.05) is 20.1 Å². The van der Waals surface area contributed by atoms with E-state index in [1.54, 1.807) is 12.1 Å². The number of rotatable bonds is 4. The van der Waals surface area contributed by atoms with E-state index in [0.717, 1.165) is 18.7 Å². The number of hydrogen-bond acceptors (Lipinski definition) is 4. The summed E-state index contributed by atoms with van der Waals surface area (Å²) < 4.78 is 0. The fourth-order valence-corrected chi connectivity index (χ4v) is 2.66. The molecule has 0 saturated carbocycles. The van der Waals surface area contributed by atoms with E-state index in [0.29, 0.717) is 6.04 Å². The van der Waals surface area contributed by atoms with Crippen LogP contribution in [0.25, 0.3) is 0 Å². The molecule has 2 rings (SSSR count). The predicted molar refractivity (Wildman–Crippen MR) is 75.2 cm³/mol. The second kappa shape index (κ2) is 6.12. The van der Waals surface area contributed by atoms with Gasteiger partial charge in [-0.15, -0.1) is 0 Å². The molecule has 1 aliphatic heterocycles. The normalized spacial score (nSPS) is 22.1. The fourth-order valence-electron chi connectivity index (χ4n) is 2.66. The molecule has 1 aromatic rings. The monoisotopic (exact) mass is 263 g/mol. The lowest BCUT2D eigenvalue weighted by molar-refractivity contribution is -0.384. The quantitative estimate of drug-likeness (QED) is 0.669. The van der Waals surface area contributed by atoms with Crippen LogP contribution in [-0.2, 0) is 0 Å². The van der Waals surface area contributed by atoms with Gasteiger partial charge in [0, 0.05) is 30.8 Å². The number of nitrogens with one attached hydrogen (secondary N) is 1. The third-order valence-electron chi connectivity index (χ3n) is 3.69. The van der Waals surface area contributed by atoms with Crippen LogP contribution in [0.15, 0.2) is 24.3 Å². The van der Waals surface area contributed by atoms with Crippen molar-refractivity contribution in [2.24, 2.45) is 0 Å². The summed E-state index contributed by atoms with van der Waals surface area (Å²) in [4.78, 5) is 12.8. The number of hydrogen-bond donors (Lipinski definition) is 1. The Morgan fingerprint density at radius 3 is 3.00 bits per heavy atom. The molecule has 2 unspecified atom stereocenters. The first-order valence-corrected chi connectivity index (χ1v) is 6.75. The molecule has 0 spiro atoms. The molecule has 19 heavy (non-hydrogen) atoms. The Bertz CT molecular complexity index is 450. The Kier molecular flexibility index (Phi) is 4.50. The lowest BCUT2D eigenvalue weighted by Gasteiger charge is -2.32. The number of likely N-dealkylation sites (N-methyl/N-ethyl adjacent to an activating group) is 1. The zero-order valence-corrected chi connectivity index (χ0v) is 11.5. The SMILES string of the molecule is CC(NC1CCCN(C)C1)c1cccc([N+](=O)[O-])c1. The van der Waals surface area contributed by atoms with Gasteiger partial charge in [0.2, 0.25) is 0 Å². The highest BCUT2D eigenvalue weighted by Gasteiger charge is 2.19.